The van der Waals surface area contributed by atoms with Crippen LogP contribution in [0.25, 0.3) is 0 Å². The van der Waals surface area contributed by atoms with Gasteiger partial charge in [-0.25, -0.2) is 0 Å². The number of rotatable bonds is 11. The van der Waals surface area contributed by atoms with E-state index in [4.69, 9.17) is 13.3 Å². The SMILES string of the molecule is CO[Si](CCCN(C)C(CO)(CO)CO)(OC)OC. The van der Waals surface area contributed by atoms with Crippen molar-refractivity contribution in [1.29, 1.82) is 0 Å². The minimum atomic E-state index is -2.59. The van der Waals surface area contributed by atoms with E-state index in [0.717, 1.165) is 0 Å². The molecule has 0 atom stereocenters. The third kappa shape index (κ3) is 4.76. The highest BCUT2D eigenvalue weighted by Gasteiger charge is 2.38. The first kappa shape index (κ1) is 18.9. The quantitative estimate of drug-likeness (QED) is 0.417. The third-order valence-corrected chi connectivity index (χ3v) is 6.43. The highest BCUT2D eigenvalue weighted by molar-refractivity contribution is 6.60. The Kier molecular flexibility index (Phi) is 8.95. The predicted octanol–water partition coefficient (Wildman–Crippen LogP) is -1.10. The van der Waals surface area contributed by atoms with Gasteiger partial charge in [0.1, 0.15) is 0 Å². The number of likely N-dealkylation sites (N-methyl/N-ethyl adjacent to an activating group) is 1. The molecule has 0 aromatic carbocycles. The Hall–Kier alpha value is -0.0631. The molecule has 3 N–H and O–H groups in total. The van der Waals surface area contributed by atoms with Crippen LogP contribution in [-0.4, -0.2) is 89.3 Å². The first-order valence-corrected chi connectivity index (χ1v) is 8.12. The van der Waals surface area contributed by atoms with E-state index in [1.807, 2.05) is 0 Å². The summed E-state index contributed by atoms with van der Waals surface area (Å²) in [6, 6.07) is 0.624. The van der Waals surface area contributed by atoms with Gasteiger partial charge in [0.15, 0.2) is 0 Å². The monoisotopic (exact) mass is 297 g/mol. The van der Waals surface area contributed by atoms with Gasteiger partial charge in [0, 0.05) is 27.4 Å². The summed E-state index contributed by atoms with van der Waals surface area (Å²) in [5.74, 6) is 0. The van der Waals surface area contributed by atoms with Crippen molar-refractivity contribution >= 4 is 8.80 Å². The van der Waals surface area contributed by atoms with Crippen LogP contribution in [0.3, 0.4) is 0 Å². The van der Waals surface area contributed by atoms with Crippen molar-refractivity contribution in [3.8, 4) is 0 Å². The number of aliphatic hydroxyl groups is 3. The van der Waals surface area contributed by atoms with Crippen LogP contribution in [0.2, 0.25) is 6.04 Å². The van der Waals surface area contributed by atoms with Gasteiger partial charge in [0.05, 0.1) is 25.4 Å². The predicted molar refractivity (Wildman–Crippen MR) is 72.8 cm³/mol. The van der Waals surface area contributed by atoms with Gasteiger partial charge in [0.2, 0.25) is 0 Å². The van der Waals surface area contributed by atoms with Crippen molar-refractivity contribution in [2.45, 2.75) is 18.0 Å². The van der Waals surface area contributed by atoms with Crippen LogP contribution in [0, 0.1) is 0 Å². The van der Waals surface area contributed by atoms with E-state index in [1.54, 1.807) is 33.3 Å². The van der Waals surface area contributed by atoms with E-state index < -0.39 is 14.3 Å². The number of hydrogen-bond donors (Lipinski definition) is 3. The van der Waals surface area contributed by atoms with E-state index in [2.05, 4.69) is 0 Å². The Morgan fingerprint density at radius 1 is 0.947 bits per heavy atom. The Labute approximate surface area is 116 Å². The average molecular weight is 297 g/mol. The summed E-state index contributed by atoms with van der Waals surface area (Å²) in [4.78, 5) is 1.74. The van der Waals surface area contributed by atoms with Crippen molar-refractivity contribution in [3.05, 3.63) is 0 Å². The molecule has 0 unspecified atom stereocenters. The summed E-state index contributed by atoms with van der Waals surface area (Å²) in [5, 5.41) is 28.0. The van der Waals surface area contributed by atoms with Crippen LogP contribution in [0.4, 0.5) is 0 Å². The molecule has 7 nitrogen and oxygen atoms in total. The first-order chi connectivity index (χ1) is 8.99. The summed E-state index contributed by atoms with van der Waals surface area (Å²) in [5.41, 5.74) is -1.00. The Morgan fingerprint density at radius 3 is 1.68 bits per heavy atom. The maximum Gasteiger partial charge on any atom is 0.500 e. The molecule has 0 rings (SSSR count). The zero-order valence-electron chi connectivity index (χ0n) is 12.3. The first-order valence-electron chi connectivity index (χ1n) is 6.19. The van der Waals surface area contributed by atoms with Gasteiger partial charge in [-0.05, 0) is 20.0 Å². The van der Waals surface area contributed by atoms with Crippen molar-refractivity contribution < 1.29 is 28.6 Å². The van der Waals surface area contributed by atoms with E-state index in [0.29, 0.717) is 19.0 Å². The molecular weight excluding hydrogens is 270 g/mol. The highest BCUT2D eigenvalue weighted by atomic mass is 28.4. The van der Waals surface area contributed by atoms with Gasteiger partial charge in [-0.2, -0.15) is 0 Å². The second kappa shape index (κ2) is 8.98. The molecule has 116 valence electrons. The van der Waals surface area contributed by atoms with E-state index in [-0.39, 0.29) is 19.8 Å². The maximum absolute atomic E-state index is 9.32. The van der Waals surface area contributed by atoms with Crippen LogP contribution in [0.1, 0.15) is 6.42 Å². The minimum Gasteiger partial charge on any atom is -0.394 e. The zero-order valence-corrected chi connectivity index (χ0v) is 13.3. The molecule has 0 aliphatic rings. The lowest BCUT2D eigenvalue weighted by Gasteiger charge is -2.37. The van der Waals surface area contributed by atoms with Gasteiger partial charge < -0.3 is 28.6 Å². The topological polar surface area (TPSA) is 91.6 Å². The van der Waals surface area contributed by atoms with Crippen LogP contribution in [0.15, 0.2) is 0 Å². The molecule has 0 radical (unpaired) electrons. The second-order valence-electron chi connectivity index (χ2n) is 4.52. The summed E-state index contributed by atoms with van der Waals surface area (Å²) in [6.07, 6.45) is 0.708. The molecule has 0 aliphatic carbocycles. The fraction of sp³-hybridized carbons (Fsp3) is 1.00. The van der Waals surface area contributed by atoms with Gasteiger partial charge in [0.25, 0.3) is 0 Å². The number of hydrogen-bond acceptors (Lipinski definition) is 7. The normalized spacial score (nSPS) is 13.3. The Morgan fingerprint density at radius 2 is 1.37 bits per heavy atom. The fourth-order valence-corrected chi connectivity index (χ4v) is 3.54. The van der Waals surface area contributed by atoms with Crippen LogP contribution in [-0.2, 0) is 13.3 Å². The number of nitrogens with zero attached hydrogens (tertiary/aromatic N) is 1. The van der Waals surface area contributed by atoms with Gasteiger partial charge in [-0.1, -0.05) is 0 Å². The molecule has 0 bridgehead atoms. The summed E-state index contributed by atoms with van der Waals surface area (Å²) in [6.45, 7) is -0.347. The lowest BCUT2D eigenvalue weighted by molar-refractivity contribution is -0.0350. The third-order valence-electron chi connectivity index (χ3n) is 3.60. The van der Waals surface area contributed by atoms with Crippen LogP contribution >= 0.6 is 0 Å². The molecule has 0 fully saturated rings. The highest BCUT2D eigenvalue weighted by Crippen LogP contribution is 2.18. The summed E-state index contributed by atoms with van der Waals surface area (Å²) >= 11 is 0. The molecule has 19 heavy (non-hydrogen) atoms. The standard InChI is InChI=1S/C11H27NO6Si/c1-12(11(8-13,9-14)10-15)6-5-7-19(16-2,17-3)18-4/h13-15H,5-10H2,1-4H3. The largest absolute Gasteiger partial charge is 0.500 e. The van der Waals surface area contributed by atoms with Gasteiger partial charge in [-0.3, -0.25) is 4.90 Å². The molecule has 0 saturated carbocycles. The van der Waals surface area contributed by atoms with Gasteiger partial charge >= 0.3 is 8.80 Å². The Bertz CT molecular complexity index is 219. The van der Waals surface area contributed by atoms with Crippen molar-refractivity contribution in [1.82, 2.24) is 4.90 Å². The lowest BCUT2D eigenvalue weighted by Crippen LogP contribution is -2.56. The van der Waals surface area contributed by atoms with Crippen molar-refractivity contribution in [2.75, 3.05) is 54.7 Å². The molecule has 0 saturated heterocycles. The molecule has 0 aromatic rings. The molecule has 0 aliphatic heterocycles. The number of aliphatic hydroxyl groups excluding tert-OH is 3. The van der Waals surface area contributed by atoms with E-state index in [9.17, 15) is 15.3 Å². The summed E-state index contributed by atoms with van der Waals surface area (Å²) in [7, 11) is 3.83. The molecule has 0 heterocycles. The maximum atomic E-state index is 9.32. The molecule has 0 spiro atoms. The Balaban J connectivity index is 4.40. The lowest BCUT2D eigenvalue weighted by atomic mass is 10.0. The van der Waals surface area contributed by atoms with Crippen molar-refractivity contribution in [3.63, 3.8) is 0 Å². The molecular formula is C11H27NO6Si. The van der Waals surface area contributed by atoms with Crippen LogP contribution < -0.4 is 0 Å². The zero-order chi connectivity index (χ0) is 14.9. The summed E-state index contributed by atoms with van der Waals surface area (Å²) < 4.78 is 15.9. The van der Waals surface area contributed by atoms with E-state index >= 15 is 0 Å². The molecule has 0 aromatic heterocycles. The van der Waals surface area contributed by atoms with E-state index in [1.165, 1.54) is 0 Å². The average Bonchev–Trinajstić information content (AvgIpc) is 2.46. The molecule has 8 heteroatoms. The van der Waals surface area contributed by atoms with Gasteiger partial charge in [-0.15, -0.1) is 0 Å². The van der Waals surface area contributed by atoms with Crippen molar-refractivity contribution in [2.24, 2.45) is 0 Å². The molecule has 0 amide bonds. The smallest absolute Gasteiger partial charge is 0.394 e. The second-order valence-corrected chi connectivity index (χ2v) is 7.61. The van der Waals surface area contributed by atoms with Crippen LogP contribution in [0.5, 0.6) is 0 Å². The minimum absolute atomic E-state index is 0.308. The fourth-order valence-electron chi connectivity index (χ4n) is 1.84.